The Morgan fingerprint density at radius 1 is 0.545 bits per heavy atom. The van der Waals surface area contributed by atoms with Crippen molar-refractivity contribution in [1.29, 1.82) is 0 Å². The number of rotatable bonds is 4. The number of fused-ring (bicyclic) bond motifs is 8. The predicted molar refractivity (Wildman–Crippen MR) is 239 cm³/mol. The molecule has 4 aliphatic rings. The highest BCUT2D eigenvalue weighted by molar-refractivity contribution is 8.00. The highest BCUT2D eigenvalue weighted by Gasteiger charge is 2.46. The SMILES string of the molecule is CSN1c2cc3c(cc2B2c4cc([B]c5ccccc5C)c(C)cc4Oc4cc(C)cc1c42)B1c2ccccc2N(c2ccccc2)c2cc(C)cc(c21)N3. The van der Waals surface area contributed by atoms with Gasteiger partial charge in [-0.3, -0.25) is 4.31 Å². The molecule has 0 spiro atoms. The molecule has 4 aliphatic heterocycles. The van der Waals surface area contributed by atoms with E-state index in [4.69, 9.17) is 4.74 Å². The highest BCUT2D eigenvalue weighted by atomic mass is 32.2. The molecule has 7 aromatic rings. The summed E-state index contributed by atoms with van der Waals surface area (Å²) in [7, 11) is 2.34. The van der Waals surface area contributed by atoms with Crippen LogP contribution in [0.1, 0.15) is 22.3 Å². The van der Waals surface area contributed by atoms with Gasteiger partial charge in [0.25, 0.3) is 13.4 Å². The average molecular weight is 724 g/mol. The molecule has 55 heavy (non-hydrogen) atoms. The fourth-order valence-electron chi connectivity index (χ4n) is 9.60. The molecule has 0 saturated heterocycles. The van der Waals surface area contributed by atoms with Crippen molar-refractivity contribution < 1.29 is 4.74 Å². The Morgan fingerprint density at radius 2 is 1.29 bits per heavy atom. The van der Waals surface area contributed by atoms with Crippen LogP contribution < -0.4 is 63.0 Å². The molecular weight excluding hydrogens is 687 g/mol. The summed E-state index contributed by atoms with van der Waals surface area (Å²) in [6, 6.07) is 47.3. The lowest BCUT2D eigenvalue weighted by Gasteiger charge is -2.43. The van der Waals surface area contributed by atoms with Crippen LogP contribution in [0.5, 0.6) is 11.5 Å². The van der Waals surface area contributed by atoms with Crippen molar-refractivity contribution in [2.75, 3.05) is 20.8 Å². The predicted octanol–water partition coefficient (Wildman–Crippen LogP) is 6.28. The van der Waals surface area contributed by atoms with Gasteiger partial charge >= 0.3 is 0 Å². The van der Waals surface area contributed by atoms with Crippen LogP contribution in [-0.2, 0) is 0 Å². The maximum atomic E-state index is 6.89. The van der Waals surface area contributed by atoms with Crippen molar-refractivity contribution in [1.82, 2.24) is 0 Å². The first-order valence-electron chi connectivity index (χ1n) is 19.1. The summed E-state index contributed by atoms with van der Waals surface area (Å²) >= 11 is 1.76. The Morgan fingerprint density at radius 3 is 2.13 bits per heavy atom. The van der Waals surface area contributed by atoms with Gasteiger partial charge in [-0.25, -0.2) is 0 Å². The molecule has 7 aromatic carbocycles. The van der Waals surface area contributed by atoms with E-state index < -0.39 is 0 Å². The third-order valence-corrected chi connectivity index (χ3v) is 12.8. The molecule has 261 valence electrons. The number of para-hydroxylation sites is 2. The Bertz CT molecular complexity index is 2770. The maximum absolute atomic E-state index is 6.89. The maximum Gasteiger partial charge on any atom is 0.256 e. The molecule has 0 bridgehead atoms. The van der Waals surface area contributed by atoms with Gasteiger partial charge in [-0.15, -0.1) is 0 Å². The lowest BCUT2D eigenvalue weighted by molar-refractivity contribution is 0.487. The molecule has 0 saturated carbocycles. The van der Waals surface area contributed by atoms with E-state index in [9.17, 15) is 0 Å². The zero-order valence-corrected chi connectivity index (χ0v) is 32.4. The van der Waals surface area contributed by atoms with Gasteiger partial charge in [0, 0.05) is 40.4 Å². The summed E-state index contributed by atoms with van der Waals surface area (Å²) < 4.78 is 9.32. The molecule has 11 rings (SSSR count). The van der Waals surface area contributed by atoms with Gasteiger partial charge < -0.3 is 15.0 Å². The second-order valence-corrected chi connectivity index (χ2v) is 16.2. The van der Waals surface area contributed by atoms with Crippen molar-refractivity contribution in [3.63, 3.8) is 0 Å². The van der Waals surface area contributed by atoms with E-state index in [1.54, 1.807) is 11.9 Å². The van der Waals surface area contributed by atoms with Gasteiger partial charge in [-0.2, -0.15) is 0 Å². The molecule has 0 unspecified atom stereocenters. The van der Waals surface area contributed by atoms with Gasteiger partial charge in [-0.05, 0) is 138 Å². The standard InChI is InChI=1S/C47H37B3N3OS/c1-27-19-39-46-42(20-27)52(31-14-7-6-8-15-31)40-18-12-11-17-34(40)49(46)35-25-36-41(26-38(35)51-39)53(55-5)43-21-28(2)22-45-47(43)50(36)37-24-33(30(4)23-44(37)54-45)48-32-16-10-9-13-29(32)3/h6-26,51H,1-5H3. The van der Waals surface area contributed by atoms with Crippen LogP contribution in [0.15, 0.2) is 127 Å². The lowest BCUT2D eigenvalue weighted by atomic mass is 9.30. The molecular formula is C47H37B3N3OS. The summed E-state index contributed by atoms with van der Waals surface area (Å²) in [5.74, 6) is 1.89. The molecule has 0 aromatic heterocycles. The van der Waals surface area contributed by atoms with E-state index in [1.165, 1.54) is 100 Å². The summed E-state index contributed by atoms with van der Waals surface area (Å²) in [4.78, 5) is 2.45. The number of anilines is 7. The summed E-state index contributed by atoms with van der Waals surface area (Å²) in [6.07, 6.45) is 2.18. The minimum atomic E-state index is 0.00112. The van der Waals surface area contributed by atoms with Crippen molar-refractivity contribution in [3.8, 4) is 11.5 Å². The van der Waals surface area contributed by atoms with E-state index in [-0.39, 0.29) is 13.4 Å². The third kappa shape index (κ3) is 4.83. The second-order valence-electron chi connectivity index (χ2n) is 15.5. The first kappa shape index (κ1) is 32.7. The van der Waals surface area contributed by atoms with Crippen molar-refractivity contribution in [3.05, 3.63) is 150 Å². The Balaban J connectivity index is 1.15. The lowest BCUT2D eigenvalue weighted by Crippen LogP contribution is -2.64. The molecule has 0 aliphatic carbocycles. The van der Waals surface area contributed by atoms with Crippen LogP contribution in [0.3, 0.4) is 0 Å². The zero-order chi connectivity index (χ0) is 37.1. The summed E-state index contributed by atoms with van der Waals surface area (Å²) in [5, 5.41) is 3.99. The minimum Gasteiger partial charge on any atom is -0.458 e. The van der Waals surface area contributed by atoms with Crippen LogP contribution in [-0.4, -0.2) is 27.0 Å². The number of hydrogen-bond acceptors (Lipinski definition) is 5. The van der Waals surface area contributed by atoms with Crippen molar-refractivity contribution >= 4 is 116 Å². The minimum absolute atomic E-state index is 0.00112. The molecule has 1 N–H and O–H groups in total. The smallest absolute Gasteiger partial charge is 0.256 e. The van der Waals surface area contributed by atoms with Crippen LogP contribution in [0.2, 0.25) is 0 Å². The van der Waals surface area contributed by atoms with E-state index >= 15 is 0 Å². The molecule has 0 atom stereocenters. The number of nitrogens with zero attached hydrogens (tertiary/aromatic N) is 2. The van der Waals surface area contributed by atoms with Crippen LogP contribution in [0, 0.1) is 27.7 Å². The summed E-state index contributed by atoms with van der Waals surface area (Å²) in [5.41, 5.74) is 23.5. The number of ether oxygens (including phenoxy) is 1. The first-order chi connectivity index (χ1) is 26.9. The number of nitrogens with one attached hydrogen (secondary N) is 1. The normalized spacial score (nSPS) is 13.8. The van der Waals surface area contributed by atoms with E-state index in [0.717, 1.165) is 17.2 Å². The number of aryl methyl sites for hydroxylation is 4. The fourth-order valence-corrected chi connectivity index (χ4v) is 10.3. The monoisotopic (exact) mass is 724 g/mol. The Labute approximate surface area is 329 Å². The Hall–Kier alpha value is -5.72. The second kappa shape index (κ2) is 12.1. The van der Waals surface area contributed by atoms with Crippen LogP contribution in [0.4, 0.5) is 39.8 Å². The molecule has 8 heteroatoms. The van der Waals surface area contributed by atoms with E-state index in [0.29, 0.717) is 0 Å². The highest BCUT2D eigenvalue weighted by Crippen LogP contribution is 2.43. The van der Waals surface area contributed by atoms with Crippen LogP contribution >= 0.6 is 11.9 Å². The molecule has 4 heterocycles. The Kier molecular flexibility index (Phi) is 7.22. The largest absolute Gasteiger partial charge is 0.458 e. The molecule has 0 fully saturated rings. The van der Waals surface area contributed by atoms with Gasteiger partial charge in [0.15, 0.2) is 7.28 Å². The van der Waals surface area contributed by atoms with Gasteiger partial charge in [-0.1, -0.05) is 94.8 Å². The summed E-state index contributed by atoms with van der Waals surface area (Å²) in [6.45, 7) is 8.84. The van der Waals surface area contributed by atoms with Crippen molar-refractivity contribution in [2.45, 2.75) is 27.7 Å². The molecule has 0 amide bonds. The molecule has 4 nitrogen and oxygen atoms in total. The number of benzene rings is 7. The molecule has 1 radical (unpaired) electrons. The fraction of sp³-hybridized carbons (Fsp3) is 0.106. The quantitative estimate of drug-likeness (QED) is 0.171. The third-order valence-electron chi connectivity index (χ3n) is 12.0. The van der Waals surface area contributed by atoms with Gasteiger partial charge in [0.1, 0.15) is 11.5 Å². The zero-order valence-electron chi connectivity index (χ0n) is 31.6. The van der Waals surface area contributed by atoms with E-state index in [2.05, 4.69) is 183 Å². The van der Waals surface area contributed by atoms with Gasteiger partial charge in [0.05, 0.1) is 5.69 Å². The van der Waals surface area contributed by atoms with E-state index in [1.807, 2.05) is 0 Å². The average Bonchev–Trinajstić information content (AvgIpc) is 3.18. The van der Waals surface area contributed by atoms with Crippen molar-refractivity contribution in [2.24, 2.45) is 0 Å². The van der Waals surface area contributed by atoms with Crippen LogP contribution in [0.25, 0.3) is 0 Å². The topological polar surface area (TPSA) is 27.7 Å². The first-order valence-corrected chi connectivity index (χ1v) is 20.3. The van der Waals surface area contributed by atoms with Gasteiger partial charge in [0.2, 0.25) is 0 Å². The number of hydrogen-bond donors (Lipinski definition) is 1.